The molecule has 0 atom stereocenters. The third-order valence-electron chi connectivity index (χ3n) is 5.97. The number of nitrogens with one attached hydrogen (secondary N) is 1. The summed E-state index contributed by atoms with van der Waals surface area (Å²) < 4.78 is 81.9. The van der Waals surface area contributed by atoms with Gasteiger partial charge in [0.1, 0.15) is 27.2 Å². The van der Waals surface area contributed by atoms with E-state index in [1.807, 2.05) is 0 Å². The minimum Gasteiger partial charge on any atom is -0.351 e. The van der Waals surface area contributed by atoms with Crippen LogP contribution in [-0.4, -0.2) is 62.6 Å². The highest BCUT2D eigenvalue weighted by Crippen LogP contribution is 2.37. The van der Waals surface area contributed by atoms with E-state index in [-0.39, 0.29) is 42.3 Å². The predicted octanol–water partition coefficient (Wildman–Crippen LogP) is 4.30. The number of alkyl halides is 3. The Hall–Kier alpha value is -3.18. The van der Waals surface area contributed by atoms with Gasteiger partial charge in [-0.3, -0.25) is 10.1 Å². The fraction of sp³-hybridized carbons (Fsp3) is 0.381. The molecule has 0 bridgehead atoms. The monoisotopic (exact) mass is 621 g/mol. The highest BCUT2D eigenvalue weighted by molar-refractivity contribution is 9.10. The van der Waals surface area contributed by atoms with Crippen LogP contribution >= 0.6 is 15.9 Å². The van der Waals surface area contributed by atoms with Crippen molar-refractivity contribution in [3.63, 3.8) is 0 Å². The van der Waals surface area contributed by atoms with Crippen molar-refractivity contribution >= 4 is 37.6 Å². The first-order valence-electron chi connectivity index (χ1n) is 11.0. The number of hydrogen-bond acceptors (Lipinski definition) is 8. The molecule has 3 heterocycles. The second-order valence-electron chi connectivity index (χ2n) is 8.57. The quantitative estimate of drug-likeness (QED) is 0.244. The summed E-state index contributed by atoms with van der Waals surface area (Å²) in [6.07, 6.45) is -1.16. The number of aryl methyl sites for hydroxylation is 1. The molecule has 0 spiro atoms. The fourth-order valence-electron chi connectivity index (χ4n) is 4.06. The molecule has 0 aliphatic carbocycles. The molecule has 17 heteroatoms. The Bertz CT molecular complexity index is 1510. The topological polar surface area (TPSA) is 136 Å². The molecular formula is C21H20BrF4N7O4S. The molecule has 1 aromatic carbocycles. The molecule has 4 rings (SSSR count). The average Bonchev–Trinajstić information content (AvgIpc) is 3.21. The van der Waals surface area contributed by atoms with Crippen molar-refractivity contribution < 1.29 is 30.9 Å². The SMILES string of the molecule is Cc1nc(-c2nc(NC3CCN(S(C)(=O)=O)CC3)ncc2C(F)(F)F)cn1-c1ccc([N+](=O)[O-])c(Br)c1F. The predicted molar refractivity (Wildman–Crippen MR) is 132 cm³/mol. The van der Waals surface area contributed by atoms with Crippen LogP contribution in [0.2, 0.25) is 0 Å². The molecule has 204 valence electrons. The summed E-state index contributed by atoms with van der Waals surface area (Å²) in [5, 5.41) is 14.0. The van der Waals surface area contributed by atoms with Crippen LogP contribution in [0.4, 0.5) is 29.2 Å². The van der Waals surface area contributed by atoms with Crippen LogP contribution in [0.25, 0.3) is 17.1 Å². The van der Waals surface area contributed by atoms with E-state index in [9.17, 15) is 36.1 Å². The van der Waals surface area contributed by atoms with Crippen LogP contribution in [0.5, 0.6) is 0 Å². The second kappa shape index (κ2) is 10.2. The Morgan fingerprint density at radius 2 is 1.87 bits per heavy atom. The van der Waals surface area contributed by atoms with E-state index in [0.717, 1.165) is 29.2 Å². The lowest BCUT2D eigenvalue weighted by Crippen LogP contribution is -2.42. The van der Waals surface area contributed by atoms with Crippen LogP contribution < -0.4 is 5.32 Å². The summed E-state index contributed by atoms with van der Waals surface area (Å²) in [7, 11) is -3.35. The van der Waals surface area contributed by atoms with E-state index in [2.05, 4.69) is 36.2 Å². The average molecular weight is 622 g/mol. The van der Waals surface area contributed by atoms with Crippen molar-refractivity contribution in [2.45, 2.75) is 32.0 Å². The van der Waals surface area contributed by atoms with E-state index in [0.29, 0.717) is 19.0 Å². The number of rotatable bonds is 6. The molecular weight excluding hydrogens is 602 g/mol. The van der Waals surface area contributed by atoms with E-state index in [1.54, 1.807) is 0 Å². The first kappa shape index (κ1) is 27.8. The second-order valence-corrected chi connectivity index (χ2v) is 11.3. The maximum atomic E-state index is 14.9. The van der Waals surface area contributed by atoms with Crippen molar-refractivity contribution in [1.29, 1.82) is 0 Å². The molecule has 1 N–H and O–H groups in total. The number of aromatic nitrogens is 4. The normalized spacial score (nSPS) is 15.6. The molecule has 1 saturated heterocycles. The summed E-state index contributed by atoms with van der Waals surface area (Å²) in [6.45, 7) is 1.91. The molecule has 2 aromatic heterocycles. The number of nitro benzene ring substituents is 1. The van der Waals surface area contributed by atoms with E-state index < -0.39 is 48.4 Å². The van der Waals surface area contributed by atoms with Crippen LogP contribution in [-0.2, 0) is 16.2 Å². The zero-order valence-electron chi connectivity index (χ0n) is 19.8. The van der Waals surface area contributed by atoms with Gasteiger partial charge in [-0.15, -0.1) is 0 Å². The third kappa shape index (κ3) is 5.63. The van der Waals surface area contributed by atoms with Gasteiger partial charge < -0.3 is 9.88 Å². The van der Waals surface area contributed by atoms with Crippen molar-refractivity contribution in [2.75, 3.05) is 24.7 Å². The number of nitro groups is 1. The first-order chi connectivity index (χ1) is 17.7. The van der Waals surface area contributed by atoms with Gasteiger partial charge in [0.25, 0.3) is 5.69 Å². The maximum absolute atomic E-state index is 14.9. The van der Waals surface area contributed by atoms with Crippen molar-refractivity contribution in [3.05, 3.63) is 56.3 Å². The first-order valence-corrected chi connectivity index (χ1v) is 13.7. The number of halogens is 5. The summed E-state index contributed by atoms with van der Waals surface area (Å²) in [5.41, 5.74) is -2.62. The van der Waals surface area contributed by atoms with Gasteiger partial charge in [-0.05, 0) is 41.8 Å². The number of benzene rings is 1. The number of anilines is 1. The smallest absolute Gasteiger partial charge is 0.351 e. The van der Waals surface area contributed by atoms with E-state index >= 15 is 0 Å². The lowest BCUT2D eigenvalue weighted by atomic mass is 10.1. The van der Waals surface area contributed by atoms with Crippen molar-refractivity contribution in [1.82, 2.24) is 23.8 Å². The highest BCUT2D eigenvalue weighted by Gasteiger charge is 2.37. The van der Waals surface area contributed by atoms with Gasteiger partial charge in [0.15, 0.2) is 5.82 Å². The van der Waals surface area contributed by atoms with Gasteiger partial charge in [-0.2, -0.15) is 13.2 Å². The van der Waals surface area contributed by atoms with Crippen LogP contribution in [0, 0.1) is 22.9 Å². The zero-order valence-corrected chi connectivity index (χ0v) is 22.2. The minimum atomic E-state index is -4.83. The Kier molecular flexibility index (Phi) is 7.46. The van der Waals surface area contributed by atoms with Crippen LogP contribution in [0.3, 0.4) is 0 Å². The molecule has 1 aliphatic rings. The fourth-order valence-corrected chi connectivity index (χ4v) is 5.41. The zero-order chi connectivity index (χ0) is 28.0. The Labute approximate surface area is 222 Å². The largest absolute Gasteiger partial charge is 0.420 e. The molecule has 1 fully saturated rings. The molecule has 0 amide bonds. The van der Waals surface area contributed by atoms with Gasteiger partial charge in [0.05, 0.1) is 16.9 Å². The standard InChI is InChI=1S/C21H20BrF4N7O4S/c1-11-28-14(10-32(11)16-4-3-15(33(34)35)17(22)18(16)23)19-13(21(24,25)26)9-27-20(30-19)29-12-5-7-31(8-6-12)38(2,36)37/h3-4,9-10,12H,5-8H2,1-2H3,(H,27,29,30). The minimum absolute atomic E-state index is 0.106. The van der Waals surface area contributed by atoms with Gasteiger partial charge >= 0.3 is 6.18 Å². The summed E-state index contributed by atoms with van der Waals surface area (Å²) in [4.78, 5) is 22.3. The molecule has 0 unspecified atom stereocenters. The van der Waals surface area contributed by atoms with Crippen LogP contribution in [0.15, 0.2) is 29.0 Å². The molecule has 0 radical (unpaired) electrons. The number of hydrogen-bond donors (Lipinski definition) is 1. The summed E-state index contributed by atoms with van der Waals surface area (Å²) in [6, 6.07) is 1.91. The van der Waals surface area contributed by atoms with Crippen LogP contribution in [0.1, 0.15) is 24.2 Å². The molecule has 38 heavy (non-hydrogen) atoms. The van der Waals surface area contributed by atoms with E-state index in [4.69, 9.17) is 0 Å². The third-order valence-corrected chi connectivity index (χ3v) is 8.03. The number of imidazole rings is 1. The van der Waals surface area contributed by atoms with E-state index in [1.165, 1.54) is 11.2 Å². The summed E-state index contributed by atoms with van der Waals surface area (Å²) in [5.74, 6) is -0.996. The van der Waals surface area contributed by atoms with Gasteiger partial charge in [0.2, 0.25) is 16.0 Å². The Morgan fingerprint density at radius 1 is 1.21 bits per heavy atom. The Balaban J connectivity index is 1.69. The molecule has 0 saturated carbocycles. The Morgan fingerprint density at radius 3 is 2.45 bits per heavy atom. The number of piperidine rings is 1. The maximum Gasteiger partial charge on any atom is 0.420 e. The number of nitrogens with zero attached hydrogens (tertiary/aromatic N) is 6. The van der Waals surface area contributed by atoms with Gasteiger partial charge in [0, 0.05) is 37.6 Å². The van der Waals surface area contributed by atoms with Gasteiger partial charge in [-0.25, -0.2) is 32.1 Å². The molecule has 1 aliphatic heterocycles. The molecule has 3 aromatic rings. The molecule has 11 nitrogen and oxygen atoms in total. The van der Waals surface area contributed by atoms with Crippen molar-refractivity contribution in [2.24, 2.45) is 0 Å². The number of sulfonamides is 1. The highest BCUT2D eigenvalue weighted by atomic mass is 79.9. The van der Waals surface area contributed by atoms with Gasteiger partial charge in [-0.1, -0.05) is 0 Å². The summed E-state index contributed by atoms with van der Waals surface area (Å²) >= 11 is 2.85. The lowest BCUT2D eigenvalue weighted by Gasteiger charge is -2.30. The lowest BCUT2D eigenvalue weighted by molar-refractivity contribution is -0.385. The van der Waals surface area contributed by atoms with Crippen molar-refractivity contribution in [3.8, 4) is 17.1 Å².